The van der Waals surface area contributed by atoms with Gasteiger partial charge in [0.2, 0.25) is 17.0 Å². The number of carbonyl (C=O) groups excluding carboxylic acids is 1. The second-order valence-electron chi connectivity index (χ2n) is 8.45. The van der Waals surface area contributed by atoms with Crippen LogP contribution in [0.15, 0.2) is 34.7 Å². The third-order valence-corrected chi connectivity index (χ3v) is 7.72. The van der Waals surface area contributed by atoms with Crippen molar-refractivity contribution in [1.82, 2.24) is 19.5 Å². The van der Waals surface area contributed by atoms with Crippen LogP contribution in [0.2, 0.25) is 0 Å². The van der Waals surface area contributed by atoms with E-state index in [1.807, 2.05) is 22.6 Å². The van der Waals surface area contributed by atoms with Crippen molar-refractivity contribution >= 4 is 57.0 Å². The van der Waals surface area contributed by atoms with Crippen LogP contribution < -0.4 is 5.32 Å². The molecule has 10 nitrogen and oxygen atoms in total. The molecule has 36 heavy (non-hydrogen) atoms. The number of benzene rings is 1. The van der Waals surface area contributed by atoms with Crippen molar-refractivity contribution < 1.29 is 32.3 Å². The Morgan fingerprint density at radius 2 is 2.08 bits per heavy atom. The molecule has 3 aromatic rings. The van der Waals surface area contributed by atoms with Crippen molar-refractivity contribution in [1.29, 1.82) is 0 Å². The molecule has 2 atom stereocenters. The minimum atomic E-state index is -2.32. The van der Waals surface area contributed by atoms with E-state index in [1.54, 1.807) is 6.07 Å². The van der Waals surface area contributed by atoms with E-state index in [4.69, 9.17) is 4.42 Å². The summed E-state index contributed by atoms with van der Waals surface area (Å²) in [6, 6.07) is 7.28. The summed E-state index contributed by atoms with van der Waals surface area (Å²) in [5, 5.41) is 12.3. The second-order valence-corrected chi connectivity index (χ2v) is 10.6. The van der Waals surface area contributed by atoms with Crippen molar-refractivity contribution in [3.63, 3.8) is 0 Å². The van der Waals surface area contributed by atoms with E-state index in [1.165, 1.54) is 40.5 Å². The maximum absolute atomic E-state index is 13.4. The zero-order valence-corrected chi connectivity index (χ0v) is 22.2. The number of fused-ring (bicyclic) bond motifs is 1. The van der Waals surface area contributed by atoms with Gasteiger partial charge in [0.15, 0.2) is 0 Å². The molecule has 2 amide bonds. The fraction of sp³-hybridized carbons (Fsp3) is 0.348. The third kappa shape index (κ3) is 5.68. The first-order valence-corrected chi connectivity index (χ1v) is 13.3. The first kappa shape index (κ1) is 26.4. The zero-order chi connectivity index (χ0) is 26.0. The Bertz CT molecular complexity index is 1320. The highest BCUT2D eigenvalue weighted by Crippen LogP contribution is 2.34. The number of hydrogen-bond donors (Lipinski definition) is 3. The van der Waals surface area contributed by atoms with Crippen molar-refractivity contribution in [2.75, 3.05) is 26.7 Å². The number of halogens is 2. The minimum absolute atomic E-state index is 0.0167. The van der Waals surface area contributed by atoms with Gasteiger partial charge in [-0.2, -0.15) is 4.31 Å². The van der Waals surface area contributed by atoms with Gasteiger partial charge in [-0.15, -0.1) is 0 Å². The predicted molar refractivity (Wildman–Crippen MR) is 139 cm³/mol. The summed E-state index contributed by atoms with van der Waals surface area (Å²) in [4.78, 5) is 29.9. The molecule has 13 heteroatoms. The van der Waals surface area contributed by atoms with E-state index >= 15 is 0 Å². The van der Waals surface area contributed by atoms with E-state index in [2.05, 4.69) is 10.3 Å². The van der Waals surface area contributed by atoms with E-state index < -0.39 is 29.1 Å². The van der Waals surface area contributed by atoms with Gasteiger partial charge in [-0.3, -0.25) is 9.35 Å². The number of amides is 2. The van der Waals surface area contributed by atoms with Crippen LogP contribution in [-0.2, 0) is 17.8 Å². The Morgan fingerprint density at radius 1 is 1.36 bits per heavy atom. The van der Waals surface area contributed by atoms with Crippen LogP contribution in [-0.4, -0.2) is 66.7 Å². The number of pyridine rings is 1. The molecule has 2 aromatic heterocycles. The van der Waals surface area contributed by atoms with Gasteiger partial charge in [-0.1, -0.05) is 0 Å². The van der Waals surface area contributed by atoms with Crippen LogP contribution in [0.3, 0.4) is 0 Å². The molecular formula is C23H24FIN4O6S. The Balaban J connectivity index is 1.67. The number of furan rings is 1. The number of nitrogens with one attached hydrogen (secondary N) is 1. The lowest BCUT2D eigenvalue weighted by Gasteiger charge is -2.33. The van der Waals surface area contributed by atoms with Crippen LogP contribution in [0.25, 0.3) is 22.4 Å². The third-order valence-electron chi connectivity index (χ3n) is 6.07. The molecule has 1 saturated heterocycles. The van der Waals surface area contributed by atoms with E-state index in [0.29, 0.717) is 39.7 Å². The monoisotopic (exact) mass is 630 g/mol. The van der Waals surface area contributed by atoms with Gasteiger partial charge in [-0.05, 0) is 71.7 Å². The summed E-state index contributed by atoms with van der Waals surface area (Å²) in [6.45, 7) is 0.974. The van der Waals surface area contributed by atoms with Gasteiger partial charge in [0.05, 0.1) is 23.2 Å². The molecule has 3 heterocycles. The summed E-state index contributed by atoms with van der Waals surface area (Å²) in [6.07, 6.45) is 0.431. The maximum Gasteiger partial charge on any atom is 0.407 e. The zero-order valence-electron chi connectivity index (χ0n) is 19.2. The maximum atomic E-state index is 13.4. The average Bonchev–Trinajstić information content (AvgIpc) is 3.21. The predicted octanol–water partition coefficient (Wildman–Crippen LogP) is 3.93. The number of carboxylic acid groups (broad SMARTS) is 1. The molecule has 0 aliphatic carbocycles. The van der Waals surface area contributed by atoms with E-state index in [-0.39, 0.29) is 36.0 Å². The number of rotatable bonds is 7. The topological polar surface area (TPSA) is 136 Å². The number of nitrogens with zero attached hydrogens (tertiary/aromatic N) is 3. The lowest BCUT2D eigenvalue weighted by molar-refractivity contribution is 0.0964. The number of carbonyl (C=O) groups is 2. The molecule has 1 aliphatic heterocycles. The molecule has 1 aliphatic rings. The van der Waals surface area contributed by atoms with Crippen LogP contribution in [0.4, 0.5) is 9.18 Å². The summed E-state index contributed by atoms with van der Waals surface area (Å²) in [5.74, 6) is -0.672. The minimum Gasteiger partial charge on any atom is -0.465 e. The Morgan fingerprint density at radius 3 is 2.72 bits per heavy atom. The van der Waals surface area contributed by atoms with Gasteiger partial charge in [-0.25, -0.2) is 18.4 Å². The smallest absolute Gasteiger partial charge is 0.407 e. The average molecular weight is 630 g/mol. The van der Waals surface area contributed by atoms with Crippen LogP contribution >= 0.6 is 22.6 Å². The molecule has 1 aromatic carbocycles. The number of piperidine rings is 1. The normalized spacial score (nSPS) is 16.9. The van der Waals surface area contributed by atoms with Crippen molar-refractivity contribution in [3.8, 4) is 11.3 Å². The van der Waals surface area contributed by atoms with E-state index in [9.17, 15) is 27.8 Å². The quantitative estimate of drug-likeness (QED) is 0.266. The largest absolute Gasteiger partial charge is 0.465 e. The van der Waals surface area contributed by atoms with Crippen LogP contribution in [0.1, 0.15) is 28.9 Å². The van der Waals surface area contributed by atoms with Gasteiger partial charge in [0.1, 0.15) is 11.6 Å². The summed E-state index contributed by atoms with van der Waals surface area (Å²) < 4.78 is 43.5. The fourth-order valence-electron chi connectivity index (χ4n) is 4.33. The molecule has 2 unspecified atom stereocenters. The number of aromatic nitrogens is 1. The Kier molecular flexibility index (Phi) is 8.22. The number of hydrogen-bond acceptors (Lipinski definition) is 5. The van der Waals surface area contributed by atoms with Crippen molar-refractivity contribution in [2.24, 2.45) is 5.92 Å². The molecule has 0 saturated carbocycles. The molecule has 4 rings (SSSR count). The van der Waals surface area contributed by atoms with Gasteiger partial charge in [0.25, 0.3) is 5.91 Å². The molecular weight excluding hydrogens is 606 g/mol. The number of likely N-dealkylation sites (tertiary alicyclic amines) is 1. The molecule has 1 fully saturated rings. The molecule has 192 valence electrons. The van der Waals surface area contributed by atoms with Gasteiger partial charge < -0.3 is 19.7 Å². The highest BCUT2D eigenvalue weighted by Gasteiger charge is 2.28. The second kappa shape index (κ2) is 11.2. The summed E-state index contributed by atoms with van der Waals surface area (Å²) in [7, 11) is 1.49. The molecule has 0 bridgehead atoms. The van der Waals surface area contributed by atoms with E-state index in [0.717, 1.165) is 6.42 Å². The standard InChI is InChI=1S/C23H24FIN4O6S/c1-26-21(30)19-16-9-17(25)18(27-22(16)35-20(19)14-4-6-15(24)7-5-14)12-29(36(33)34)11-13-3-2-8-28(10-13)23(31)32/h4-7,9,13H,2-3,8,10-12H2,1H3,(H,26,30)(H,31,32)(H,33,34). The first-order chi connectivity index (χ1) is 17.2. The SMILES string of the molecule is CNC(=O)c1c(-c2ccc(F)cc2)oc2nc(CN(CC3CCCN(C(=O)O)C3)S(=O)O)c(I)cc12. The van der Waals surface area contributed by atoms with Crippen LogP contribution in [0, 0.1) is 15.3 Å². The fourth-order valence-corrected chi connectivity index (χ4v) is 5.50. The lowest BCUT2D eigenvalue weighted by Crippen LogP contribution is -2.43. The highest BCUT2D eigenvalue weighted by atomic mass is 127. The first-order valence-electron chi connectivity index (χ1n) is 11.1. The Hall–Kier alpha value is -2.62. The summed E-state index contributed by atoms with van der Waals surface area (Å²) in [5.41, 5.74) is 1.40. The Labute approximate surface area is 222 Å². The molecule has 0 spiro atoms. The lowest BCUT2D eigenvalue weighted by atomic mass is 9.98. The van der Waals surface area contributed by atoms with Gasteiger partial charge >= 0.3 is 6.09 Å². The van der Waals surface area contributed by atoms with Crippen molar-refractivity contribution in [3.05, 3.63) is 51.0 Å². The summed E-state index contributed by atoms with van der Waals surface area (Å²) >= 11 is -0.266. The van der Waals surface area contributed by atoms with Crippen molar-refractivity contribution in [2.45, 2.75) is 19.4 Å². The van der Waals surface area contributed by atoms with Crippen LogP contribution in [0.5, 0.6) is 0 Å². The molecule has 3 N–H and O–H groups in total. The van der Waals surface area contributed by atoms with Gasteiger partial charge in [0, 0.05) is 35.8 Å². The molecule has 0 radical (unpaired) electrons. The highest BCUT2D eigenvalue weighted by molar-refractivity contribution is 14.1.